The Labute approximate surface area is 115 Å². The number of halogens is 1. The number of hydrogen-bond donors (Lipinski definition) is 2. The molecule has 2 aromatic rings. The maximum absolute atomic E-state index is 12.0. The third-order valence-corrected chi connectivity index (χ3v) is 3.05. The lowest BCUT2D eigenvalue weighted by molar-refractivity contribution is 0.0939. The van der Waals surface area contributed by atoms with Gasteiger partial charge in [-0.1, -0.05) is 41.9 Å². The fourth-order valence-corrected chi connectivity index (χ4v) is 1.86. The van der Waals surface area contributed by atoms with Crippen molar-refractivity contribution in [2.75, 3.05) is 0 Å². The molecule has 0 spiro atoms. The van der Waals surface area contributed by atoms with Gasteiger partial charge in [0.15, 0.2) is 0 Å². The van der Waals surface area contributed by atoms with Gasteiger partial charge in [0.1, 0.15) is 5.02 Å². The largest absolute Gasteiger partial charge is 0.345 e. The van der Waals surface area contributed by atoms with E-state index in [9.17, 15) is 9.59 Å². The Bertz CT molecular complexity index is 637. The zero-order valence-corrected chi connectivity index (χ0v) is 11.1. The van der Waals surface area contributed by atoms with Crippen molar-refractivity contribution in [2.24, 2.45) is 0 Å². The van der Waals surface area contributed by atoms with E-state index in [4.69, 9.17) is 11.6 Å². The number of H-pyrrole nitrogens is 1. The average molecular weight is 277 g/mol. The molecule has 0 bridgehead atoms. The number of amides is 1. The van der Waals surface area contributed by atoms with Crippen LogP contribution >= 0.6 is 11.6 Å². The van der Waals surface area contributed by atoms with Crippen LogP contribution in [0.25, 0.3) is 0 Å². The molecule has 1 heterocycles. The molecule has 1 unspecified atom stereocenters. The molecule has 4 nitrogen and oxygen atoms in total. The van der Waals surface area contributed by atoms with Gasteiger partial charge in [-0.3, -0.25) is 9.59 Å². The smallest absolute Gasteiger partial charge is 0.266 e. The summed E-state index contributed by atoms with van der Waals surface area (Å²) in [5.41, 5.74) is 0.924. The summed E-state index contributed by atoms with van der Waals surface area (Å²) in [5.74, 6) is -0.283. The van der Waals surface area contributed by atoms with Crippen molar-refractivity contribution in [3.05, 3.63) is 69.1 Å². The lowest BCUT2D eigenvalue weighted by Crippen LogP contribution is -2.27. The molecule has 1 amide bonds. The molecular formula is C14H13ClN2O2. The Balaban J connectivity index is 2.13. The van der Waals surface area contributed by atoms with Crippen molar-refractivity contribution in [1.82, 2.24) is 10.3 Å². The van der Waals surface area contributed by atoms with Crippen LogP contribution in [0.2, 0.25) is 5.02 Å². The Morgan fingerprint density at radius 2 is 2.00 bits per heavy atom. The number of aromatic nitrogens is 1. The zero-order valence-electron chi connectivity index (χ0n) is 10.3. The van der Waals surface area contributed by atoms with Gasteiger partial charge in [-0.05, 0) is 18.6 Å². The van der Waals surface area contributed by atoms with Gasteiger partial charge in [0.05, 0.1) is 11.6 Å². The van der Waals surface area contributed by atoms with Gasteiger partial charge in [0.2, 0.25) is 0 Å². The van der Waals surface area contributed by atoms with Gasteiger partial charge in [-0.25, -0.2) is 0 Å². The molecule has 0 aliphatic rings. The highest BCUT2D eigenvalue weighted by Gasteiger charge is 2.12. The van der Waals surface area contributed by atoms with Crippen LogP contribution in [0.4, 0.5) is 0 Å². The van der Waals surface area contributed by atoms with Gasteiger partial charge < -0.3 is 10.3 Å². The molecule has 0 fully saturated rings. The summed E-state index contributed by atoms with van der Waals surface area (Å²) < 4.78 is 0. The van der Waals surface area contributed by atoms with E-state index in [-0.39, 0.29) is 17.0 Å². The van der Waals surface area contributed by atoms with Crippen molar-refractivity contribution in [1.29, 1.82) is 0 Å². The summed E-state index contributed by atoms with van der Waals surface area (Å²) in [5, 5.41) is 2.84. The molecule has 0 radical (unpaired) electrons. The summed E-state index contributed by atoms with van der Waals surface area (Å²) >= 11 is 5.69. The molecule has 0 aliphatic heterocycles. The molecule has 98 valence electrons. The van der Waals surface area contributed by atoms with Crippen LogP contribution in [0.5, 0.6) is 0 Å². The van der Waals surface area contributed by atoms with E-state index < -0.39 is 5.56 Å². The molecular weight excluding hydrogens is 264 g/mol. The van der Waals surface area contributed by atoms with Gasteiger partial charge in [-0.15, -0.1) is 0 Å². The maximum atomic E-state index is 12.0. The second-order valence-electron chi connectivity index (χ2n) is 4.17. The monoisotopic (exact) mass is 276 g/mol. The average Bonchev–Trinajstić information content (AvgIpc) is 2.42. The topological polar surface area (TPSA) is 62.0 Å². The van der Waals surface area contributed by atoms with Crippen LogP contribution < -0.4 is 10.9 Å². The summed E-state index contributed by atoms with van der Waals surface area (Å²) in [6.07, 6.45) is 1.35. The number of benzene rings is 1. The minimum Gasteiger partial charge on any atom is -0.345 e. The first-order valence-electron chi connectivity index (χ1n) is 5.82. The first-order chi connectivity index (χ1) is 9.08. The summed E-state index contributed by atoms with van der Waals surface area (Å²) in [6, 6.07) is 10.8. The lowest BCUT2D eigenvalue weighted by atomic mass is 10.1. The first-order valence-corrected chi connectivity index (χ1v) is 6.20. The first kappa shape index (κ1) is 13.4. The highest BCUT2D eigenvalue weighted by Crippen LogP contribution is 2.12. The molecule has 2 rings (SSSR count). The predicted molar refractivity (Wildman–Crippen MR) is 74.4 cm³/mol. The number of aromatic amines is 1. The second-order valence-corrected chi connectivity index (χ2v) is 4.58. The number of carbonyl (C=O) groups excluding carboxylic acids is 1. The van der Waals surface area contributed by atoms with Crippen LogP contribution in [-0.4, -0.2) is 10.9 Å². The van der Waals surface area contributed by atoms with Crippen molar-refractivity contribution < 1.29 is 4.79 Å². The second kappa shape index (κ2) is 5.71. The quantitative estimate of drug-likeness (QED) is 0.905. The van der Waals surface area contributed by atoms with Crippen molar-refractivity contribution >= 4 is 17.5 Å². The van der Waals surface area contributed by atoms with Crippen LogP contribution in [0, 0.1) is 0 Å². The van der Waals surface area contributed by atoms with Crippen molar-refractivity contribution in [2.45, 2.75) is 13.0 Å². The Hall–Kier alpha value is -2.07. The van der Waals surface area contributed by atoms with Crippen LogP contribution in [0.15, 0.2) is 47.4 Å². The number of hydrogen-bond acceptors (Lipinski definition) is 2. The van der Waals surface area contributed by atoms with Gasteiger partial charge in [-0.2, -0.15) is 0 Å². The maximum Gasteiger partial charge on any atom is 0.266 e. The Morgan fingerprint density at radius 3 is 2.63 bits per heavy atom. The van der Waals surface area contributed by atoms with Crippen LogP contribution in [0.3, 0.4) is 0 Å². The molecule has 5 heteroatoms. The zero-order chi connectivity index (χ0) is 13.8. The van der Waals surface area contributed by atoms with E-state index in [1.54, 1.807) is 0 Å². The molecule has 2 N–H and O–H groups in total. The van der Waals surface area contributed by atoms with Crippen LogP contribution in [0.1, 0.15) is 28.9 Å². The SMILES string of the molecule is CC(NC(=O)c1c[nH]c(=O)c(Cl)c1)c1ccccc1. The fourth-order valence-electron chi connectivity index (χ4n) is 1.69. The van der Waals surface area contributed by atoms with Crippen molar-refractivity contribution in [3.63, 3.8) is 0 Å². The normalized spacial score (nSPS) is 11.9. The van der Waals surface area contributed by atoms with E-state index in [0.29, 0.717) is 5.56 Å². The molecule has 1 atom stereocenters. The van der Waals surface area contributed by atoms with E-state index in [1.807, 2.05) is 37.3 Å². The van der Waals surface area contributed by atoms with E-state index >= 15 is 0 Å². The molecule has 1 aromatic carbocycles. The third-order valence-electron chi connectivity index (χ3n) is 2.77. The Morgan fingerprint density at radius 1 is 1.32 bits per heavy atom. The molecule has 0 aliphatic carbocycles. The highest BCUT2D eigenvalue weighted by atomic mass is 35.5. The van der Waals surface area contributed by atoms with E-state index in [1.165, 1.54) is 12.3 Å². The highest BCUT2D eigenvalue weighted by molar-refractivity contribution is 6.30. The minimum atomic E-state index is -0.408. The van der Waals surface area contributed by atoms with Gasteiger partial charge >= 0.3 is 0 Å². The number of carbonyl (C=O) groups is 1. The molecule has 0 saturated carbocycles. The van der Waals surface area contributed by atoms with Gasteiger partial charge in [0.25, 0.3) is 11.5 Å². The molecule has 19 heavy (non-hydrogen) atoms. The molecule has 1 aromatic heterocycles. The summed E-state index contributed by atoms with van der Waals surface area (Å²) in [6.45, 7) is 1.89. The van der Waals surface area contributed by atoms with E-state index in [0.717, 1.165) is 5.56 Å². The standard InChI is InChI=1S/C14H13ClN2O2/c1-9(10-5-3-2-4-6-10)17-13(18)11-7-12(15)14(19)16-8-11/h2-9H,1H3,(H,16,19)(H,17,18). The minimum absolute atomic E-state index is 0.0000131. The fraction of sp³-hybridized carbons (Fsp3) is 0.143. The van der Waals surface area contributed by atoms with Gasteiger partial charge in [0, 0.05) is 6.20 Å². The number of nitrogens with one attached hydrogen (secondary N) is 2. The Kier molecular flexibility index (Phi) is 4.02. The van der Waals surface area contributed by atoms with E-state index in [2.05, 4.69) is 10.3 Å². The van der Waals surface area contributed by atoms with Crippen molar-refractivity contribution in [3.8, 4) is 0 Å². The third kappa shape index (κ3) is 3.23. The summed E-state index contributed by atoms with van der Waals surface area (Å²) in [4.78, 5) is 25.5. The number of pyridine rings is 1. The molecule has 0 saturated heterocycles. The summed E-state index contributed by atoms with van der Waals surface area (Å²) in [7, 11) is 0. The lowest BCUT2D eigenvalue weighted by Gasteiger charge is -2.14. The number of rotatable bonds is 3. The van der Waals surface area contributed by atoms with Crippen LogP contribution in [-0.2, 0) is 0 Å². The predicted octanol–water partition coefficient (Wildman–Crippen LogP) is 2.52.